The quantitative estimate of drug-likeness (QED) is 0.344. The summed E-state index contributed by atoms with van der Waals surface area (Å²) in [6.45, 7) is 2.81. The van der Waals surface area contributed by atoms with Crippen LogP contribution in [0.25, 0.3) is 0 Å². The van der Waals surface area contributed by atoms with E-state index in [0.29, 0.717) is 22.6 Å². The molecular formula is C12H17ClN4S. The Morgan fingerprint density at radius 1 is 1.39 bits per heavy atom. The first kappa shape index (κ1) is 14.7. The second-order valence-electron chi connectivity index (χ2n) is 3.71. The molecule has 18 heavy (non-hydrogen) atoms. The zero-order valence-corrected chi connectivity index (χ0v) is 11.8. The largest absolute Gasteiger partial charge is 0.370 e. The van der Waals surface area contributed by atoms with E-state index in [-0.39, 0.29) is 0 Å². The van der Waals surface area contributed by atoms with Gasteiger partial charge in [0, 0.05) is 17.3 Å². The Balaban J connectivity index is 2.41. The molecule has 0 fully saturated rings. The van der Waals surface area contributed by atoms with E-state index in [2.05, 4.69) is 22.5 Å². The van der Waals surface area contributed by atoms with Crippen LogP contribution in [0, 0.1) is 0 Å². The van der Waals surface area contributed by atoms with E-state index in [9.17, 15) is 0 Å². The highest BCUT2D eigenvalue weighted by molar-refractivity contribution is 7.80. The van der Waals surface area contributed by atoms with Crippen LogP contribution in [-0.2, 0) is 0 Å². The van der Waals surface area contributed by atoms with Crippen LogP contribution in [0.15, 0.2) is 29.3 Å². The molecule has 0 atom stereocenters. The van der Waals surface area contributed by atoms with Crippen LogP contribution in [0.3, 0.4) is 0 Å². The number of anilines is 1. The molecule has 0 aromatic heterocycles. The molecule has 0 bridgehead atoms. The molecule has 0 saturated heterocycles. The van der Waals surface area contributed by atoms with E-state index in [0.717, 1.165) is 18.5 Å². The van der Waals surface area contributed by atoms with Gasteiger partial charge in [-0.15, -0.1) is 0 Å². The van der Waals surface area contributed by atoms with E-state index in [1.165, 1.54) is 0 Å². The maximum atomic E-state index is 5.79. The molecule has 1 aromatic carbocycles. The number of unbranched alkanes of at least 4 members (excludes halogenated alkanes) is 1. The van der Waals surface area contributed by atoms with Gasteiger partial charge in [0.05, 0.1) is 0 Å². The summed E-state index contributed by atoms with van der Waals surface area (Å²) in [6, 6.07) is 7.23. The van der Waals surface area contributed by atoms with Crippen LogP contribution in [0.4, 0.5) is 5.69 Å². The normalized spacial score (nSPS) is 11.1. The molecule has 0 spiro atoms. The van der Waals surface area contributed by atoms with Crippen LogP contribution in [0.5, 0.6) is 0 Å². The lowest BCUT2D eigenvalue weighted by molar-refractivity contribution is 0.804. The lowest BCUT2D eigenvalue weighted by atomic mass is 10.3. The molecule has 0 aliphatic rings. The Morgan fingerprint density at radius 2 is 2.06 bits per heavy atom. The van der Waals surface area contributed by atoms with Gasteiger partial charge >= 0.3 is 0 Å². The number of rotatable bonds is 4. The third-order valence-corrected chi connectivity index (χ3v) is 2.59. The molecule has 4 N–H and O–H groups in total. The first-order valence-corrected chi connectivity index (χ1v) is 6.54. The van der Waals surface area contributed by atoms with Gasteiger partial charge in [-0.1, -0.05) is 24.9 Å². The number of nitrogens with zero attached hydrogens (tertiary/aromatic N) is 1. The summed E-state index contributed by atoms with van der Waals surface area (Å²) in [4.78, 5) is 4.14. The average molecular weight is 285 g/mol. The van der Waals surface area contributed by atoms with Gasteiger partial charge in [-0.3, -0.25) is 4.99 Å². The Morgan fingerprint density at radius 3 is 2.67 bits per heavy atom. The molecule has 0 heterocycles. The third-order valence-electron chi connectivity index (χ3n) is 2.14. The van der Waals surface area contributed by atoms with Crippen LogP contribution in [0.2, 0.25) is 5.02 Å². The number of aliphatic imine (C=N–C) groups is 1. The fraction of sp³-hybridized carbons (Fsp3) is 0.333. The second kappa shape index (κ2) is 7.89. The molecule has 6 heteroatoms. The van der Waals surface area contributed by atoms with Crippen LogP contribution >= 0.6 is 23.8 Å². The maximum Gasteiger partial charge on any atom is 0.194 e. The highest BCUT2D eigenvalue weighted by Crippen LogP contribution is 2.12. The molecule has 1 rings (SSSR count). The Bertz CT molecular complexity index is 417. The summed E-state index contributed by atoms with van der Waals surface area (Å²) in [5.74, 6) is 0.329. The van der Waals surface area contributed by atoms with Gasteiger partial charge in [0.25, 0.3) is 0 Å². The van der Waals surface area contributed by atoms with E-state index in [4.69, 9.17) is 29.6 Å². The first-order valence-electron chi connectivity index (χ1n) is 5.75. The van der Waals surface area contributed by atoms with E-state index in [1.54, 1.807) is 12.1 Å². The standard InChI is InChI=1S/C12H17ClN4S/c1-2-3-8-15-11(14)17-12(18)16-10-6-4-9(13)5-7-10/h4-7H,2-3,8H2,1H3,(H4,14,15,16,17,18). The first-order chi connectivity index (χ1) is 8.61. The fourth-order valence-corrected chi connectivity index (χ4v) is 1.56. The third kappa shape index (κ3) is 5.84. The van der Waals surface area contributed by atoms with Crippen molar-refractivity contribution < 1.29 is 0 Å². The zero-order valence-electron chi connectivity index (χ0n) is 10.2. The van der Waals surface area contributed by atoms with Gasteiger partial charge in [0.15, 0.2) is 11.1 Å². The fourth-order valence-electron chi connectivity index (χ4n) is 1.21. The van der Waals surface area contributed by atoms with Crippen molar-refractivity contribution in [1.82, 2.24) is 5.32 Å². The molecule has 0 saturated carbocycles. The summed E-state index contributed by atoms with van der Waals surface area (Å²) < 4.78 is 0. The lowest BCUT2D eigenvalue weighted by Crippen LogP contribution is -2.39. The maximum absolute atomic E-state index is 5.79. The van der Waals surface area contributed by atoms with E-state index >= 15 is 0 Å². The van der Waals surface area contributed by atoms with Gasteiger partial charge in [0.1, 0.15) is 0 Å². The number of hydrogen-bond donors (Lipinski definition) is 3. The predicted octanol–water partition coefficient (Wildman–Crippen LogP) is 2.74. The van der Waals surface area contributed by atoms with Crippen molar-refractivity contribution in [3.8, 4) is 0 Å². The smallest absolute Gasteiger partial charge is 0.194 e. The molecule has 0 unspecified atom stereocenters. The predicted molar refractivity (Wildman–Crippen MR) is 82.2 cm³/mol. The number of nitrogens with two attached hydrogens (primary N) is 1. The topological polar surface area (TPSA) is 62.4 Å². The second-order valence-corrected chi connectivity index (χ2v) is 4.55. The van der Waals surface area contributed by atoms with Gasteiger partial charge in [-0.25, -0.2) is 0 Å². The highest BCUT2D eigenvalue weighted by Gasteiger charge is 1.99. The van der Waals surface area contributed by atoms with Crippen molar-refractivity contribution >= 4 is 40.6 Å². The molecule has 0 aliphatic carbocycles. The monoisotopic (exact) mass is 284 g/mol. The molecule has 98 valence electrons. The van der Waals surface area contributed by atoms with Gasteiger partial charge in [-0.2, -0.15) is 0 Å². The van der Waals surface area contributed by atoms with Crippen LogP contribution in [0.1, 0.15) is 19.8 Å². The molecular weight excluding hydrogens is 268 g/mol. The van der Waals surface area contributed by atoms with Gasteiger partial charge in [0.2, 0.25) is 0 Å². The summed E-state index contributed by atoms with van der Waals surface area (Å²) >= 11 is 10.9. The summed E-state index contributed by atoms with van der Waals surface area (Å²) in [5, 5.41) is 6.90. The highest BCUT2D eigenvalue weighted by atomic mass is 35.5. The van der Waals surface area contributed by atoms with Crippen molar-refractivity contribution in [2.75, 3.05) is 11.9 Å². The Kier molecular flexibility index (Phi) is 6.46. The van der Waals surface area contributed by atoms with Gasteiger partial charge < -0.3 is 16.4 Å². The zero-order chi connectivity index (χ0) is 13.4. The average Bonchev–Trinajstić information content (AvgIpc) is 2.32. The number of nitrogens with one attached hydrogen (secondary N) is 2. The molecule has 1 aromatic rings. The van der Waals surface area contributed by atoms with Crippen molar-refractivity contribution in [3.63, 3.8) is 0 Å². The van der Waals surface area contributed by atoms with Crippen molar-refractivity contribution in [2.45, 2.75) is 19.8 Å². The number of benzene rings is 1. The minimum absolute atomic E-state index is 0.329. The summed E-state index contributed by atoms with van der Waals surface area (Å²) in [6.07, 6.45) is 2.10. The number of guanidine groups is 1. The Hall–Kier alpha value is -1.33. The molecule has 0 amide bonds. The van der Waals surface area contributed by atoms with E-state index in [1.807, 2.05) is 12.1 Å². The van der Waals surface area contributed by atoms with E-state index < -0.39 is 0 Å². The van der Waals surface area contributed by atoms with Gasteiger partial charge in [-0.05, 0) is 42.9 Å². The summed E-state index contributed by atoms with van der Waals surface area (Å²) in [5.41, 5.74) is 6.53. The lowest BCUT2D eigenvalue weighted by Gasteiger charge is -2.09. The molecule has 0 aliphatic heterocycles. The van der Waals surface area contributed by atoms with Crippen molar-refractivity contribution in [3.05, 3.63) is 29.3 Å². The minimum atomic E-state index is 0.329. The minimum Gasteiger partial charge on any atom is -0.370 e. The van der Waals surface area contributed by atoms with Crippen LogP contribution < -0.4 is 16.4 Å². The number of halogens is 1. The number of hydrogen-bond acceptors (Lipinski definition) is 2. The van der Waals surface area contributed by atoms with Crippen molar-refractivity contribution in [1.29, 1.82) is 0 Å². The Labute approximate surface area is 118 Å². The van der Waals surface area contributed by atoms with Crippen LogP contribution in [-0.4, -0.2) is 17.6 Å². The SMILES string of the molecule is CCCCN=C(N)NC(=S)Nc1ccc(Cl)cc1. The molecule has 4 nitrogen and oxygen atoms in total. The summed E-state index contributed by atoms with van der Waals surface area (Å²) in [7, 11) is 0. The molecule has 0 radical (unpaired) electrons. The number of thiocarbonyl (C=S) groups is 1. The van der Waals surface area contributed by atoms with Crippen molar-refractivity contribution in [2.24, 2.45) is 10.7 Å².